The van der Waals surface area contributed by atoms with Crippen LogP contribution in [0.5, 0.6) is 0 Å². The molecule has 10 aromatic carbocycles. The maximum Gasteiger partial charge on any atom is 0.329 e. The normalized spacial score (nSPS) is 13.6. The van der Waals surface area contributed by atoms with E-state index in [1.54, 1.807) is 0 Å². The maximum absolute atomic E-state index is 7.13. The smallest absolute Gasteiger partial charge is 0.329 e. The average molecular weight is 837 g/mol. The highest BCUT2D eigenvalue weighted by Gasteiger charge is 2.45. The van der Waals surface area contributed by atoms with Gasteiger partial charge in [0.2, 0.25) is 0 Å². The summed E-state index contributed by atoms with van der Waals surface area (Å²) in [6.07, 6.45) is 0. The van der Waals surface area contributed by atoms with Gasteiger partial charge in [-0.15, -0.1) is 0 Å². The molecule has 6 heteroatoms. The molecule has 0 atom stereocenters. The Bertz CT molecular complexity index is 4130. The summed E-state index contributed by atoms with van der Waals surface area (Å²) < 4.78 is 13.7. The molecule has 6 heterocycles. The van der Waals surface area contributed by atoms with Gasteiger partial charge in [-0.05, 0) is 86.1 Å². The first kappa shape index (κ1) is 34.9. The van der Waals surface area contributed by atoms with Gasteiger partial charge in [-0.25, -0.2) is 0 Å². The van der Waals surface area contributed by atoms with E-state index in [4.69, 9.17) is 8.83 Å². The van der Waals surface area contributed by atoms with E-state index in [0.29, 0.717) is 0 Å². The predicted molar refractivity (Wildman–Crippen MR) is 275 cm³/mol. The molecule has 12 aromatic rings. The quantitative estimate of drug-likeness (QED) is 0.154. The Hall–Kier alpha value is -8.47. The third-order valence-corrected chi connectivity index (χ3v) is 15.0. The first-order chi connectivity index (χ1) is 32.8. The monoisotopic (exact) mass is 836 g/mol. The number of hydrogen-bond donors (Lipinski definition) is 0. The van der Waals surface area contributed by atoms with Gasteiger partial charge < -0.3 is 18.5 Å². The zero-order chi connectivity index (χ0) is 42.8. The lowest BCUT2D eigenvalue weighted by molar-refractivity contribution is 0.669. The second-order valence-electron chi connectivity index (χ2n) is 18.2. The summed E-state index contributed by atoms with van der Waals surface area (Å²) in [7, 11) is 0. The molecule has 0 fully saturated rings. The van der Waals surface area contributed by atoms with Crippen LogP contribution < -0.4 is 31.5 Å². The Balaban J connectivity index is 1.01. The Kier molecular flexibility index (Phi) is 6.68. The van der Waals surface area contributed by atoms with Crippen LogP contribution in [-0.2, 0) is 0 Å². The Morgan fingerprint density at radius 2 is 0.833 bits per heavy atom. The molecule has 4 nitrogen and oxygen atoms in total. The first-order valence-corrected chi connectivity index (χ1v) is 22.9. The molecule has 0 saturated heterocycles. The van der Waals surface area contributed by atoms with Crippen molar-refractivity contribution in [3.63, 3.8) is 0 Å². The second-order valence-corrected chi connectivity index (χ2v) is 18.2. The van der Waals surface area contributed by atoms with E-state index in [9.17, 15) is 0 Å². The van der Waals surface area contributed by atoms with Crippen LogP contribution in [0.1, 0.15) is 0 Å². The van der Waals surface area contributed by atoms with Crippen LogP contribution in [0.2, 0.25) is 0 Å². The van der Waals surface area contributed by atoms with E-state index in [2.05, 4.69) is 216 Å². The fraction of sp³-hybridized carbons (Fsp3) is 0. The van der Waals surface area contributed by atoms with Crippen molar-refractivity contribution in [1.29, 1.82) is 0 Å². The van der Waals surface area contributed by atoms with Crippen molar-refractivity contribution in [3.8, 4) is 55.6 Å². The third-order valence-electron chi connectivity index (χ3n) is 15.0. The number of anilines is 4. The minimum atomic E-state index is -0.0918. The van der Waals surface area contributed by atoms with Gasteiger partial charge in [-0.3, -0.25) is 0 Å². The van der Waals surface area contributed by atoms with Crippen LogP contribution in [0.15, 0.2) is 215 Å². The van der Waals surface area contributed by atoms with Crippen LogP contribution in [0.25, 0.3) is 99.5 Å². The molecule has 4 aliphatic rings. The van der Waals surface area contributed by atoms with Gasteiger partial charge in [0.05, 0.1) is 0 Å². The van der Waals surface area contributed by atoms with E-state index < -0.39 is 0 Å². The van der Waals surface area contributed by atoms with Crippen LogP contribution in [-0.4, -0.2) is 13.7 Å². The molecule has 302 valence electrons. The van der Waals surface area contributed by atoms with Crippen molar-refractivity contribution >= 4 is 102 Å². The molecule has 0 spiro atoms. The maximum atomic E-state index is 7.13. The zero-order valence-electron chi connectivity index (χ0n) is 35.5. The van der Waals surface area contributed by atoms with Crippen LogP contribution in [0.3, 0.4) is 0 Å². The molecule has 2 aromatic heterocycles. The average Bonchev–Trinajstić information content (AvgIpc) is 3.96. The summed E-state index contributed by atoms with van der Waals surface area (Å²) in [6, 6.07) is 76.1. The highest BCUT2D eigenvalue weighted by atomic mass is 16.3. The van der Waals surface area contributed by atoms with Gasteiger partial charge in [-0.2, -0.15) is 0 Å². The topological polar surface area (TPSA) is 32.8 Å². The number of fused-ring (bicyclic) bond motifs is 29. The van der Waals surface area contributed by atoms with Gasteiger partial charge >= 0.3 is 13.7 Å². The number of para-hydroxylation sites is 4. The number of rotatable bonds is 1. The minimum Gasteiger partial charge on any atom is -0.456 e. The number of furan rings is 2. The fourth-order valence-electron chi connectivity index (χ4n) is 12.4. The van der Waals surface area contributed by atoms with Crippen molar-refractivity contribution in [3.05, 3.63) is 206 Å². The largest absolute Gasteiger partial charge is 0.456 e. The summed E-state index contributed by atoms with van der Waals surface area (Å²) in [5, 5.41) is 4.52. The highest BCUT2D eigenvalue weighted by molar-refractivity contribution is 6.93. The molecule has 0 aliphatic carbocycles. The zero-order valence-corrected chi connectivity index (χ0v) is 35.5. The molecule has 4 aliphatic heterocycles. The van der Waals surface area contributed by atoms with Gasteiger partial charge in [0.25, 0.3) is 0 Å². The van der Waals surface area contributed by atoms with Crippen LogP contribution in [0.4, 0.5) is 22.7 Å². The van der Waals surface area contributed by atoms with Crippen LogP contribution in [0, 0.1) is 0 Å². The molecule has 0 N–H and O–H groups in total. The molecular weight excluding hydrogens is 802 g/mol. The predicted octanol–water partition coefficient (Wildman–Crippen LogP) is 13.0. The second kappa shape index (κ2) is 12.6. The lowest BCUT2D eigenvalue weighted by atomic mass is 9.43. The van der Waals surface area contributed by atoms with Crippen molar-refractivity contribution in [2.24, 2.45) is 0 Å². The van der Waals surface area contributed by atoms with E-state index in [1.807, 2.05) is 0 Å². The SMILES string of the molecule is c1ccc2c(c1)B1c3cc(-c4cc5c(c6c4oc4ccccc46)-c4ccccc4B4c6ccccc6-c6ccccc6N45)ccc3-c3cc4c(cc3N1c1ccccc1-2)oc1ccccc14. The Morgan fingerprint density at radius 3 is 1.55 bits per heavy atom. The van der Waals surface area contributed by atoms with Gasteiger partial charge in [0, 0.05) is 78.2 Å². The Morgan fingerprint density at radius 1 is 0.303 bits per heavy atom. The third kappa shape index (κ3) is 4.41. The van der Waals surface area contributed by atoms with Crippen molar-refractivity contribution in [2.75, 3.05) is 9.62 Å². The van der Waals surface area contributed by atoms with E-state index in [1.165, 1.54) is 83.4 Å². The number of benzene rings is 10. The molecule has 0 unspecified atom stereocenters. The molecule has 16 rings (SSSR count). The molecule has 0 saturated carbocycles. The highest BCUT2D eigenvalue weighted by Crippen LogP contribution is 2.54. The number of hydrogen-bond acceptors (Lipinski definition) is 4. The van der Waals surface area contributed by atoms with Gasteiger partial charge in [0.15, 0.2) is 0 Å². The summed E-state index contributed by atoms with van der Waals surface area (Å²) in [5.74, 6) is 0. The van der Waals surface area contributed by atoms with Gasteiger partial charge in [-0.1, -0.05) is 164 Å². The van der Waals surface area contributed by atoms with Crippen LogP contribution >= 0.6 is 0 Å². The lowest BCUT2D eigenvalue weighted by Gasteiger charge is -2.44. The Labute approximate surface area is 380 Å². The van der Waals surface area contributed by atoms with Crippen molar-refractivity contribution in [1.82, 2.24) is 0 Å². The molecule has 66 heavy (non-hydrogen) atoms. The fourth-order valence-corrected chi connectivity index (χ4v) is 12.4. The summed E-state index contributed by atoms with van der Waals surface area (Å²) in [5.41, 5.74) is 25.6. The summed E-state index contributed by atoms with van der Waals surface area (Å²) >= 11 is 0. The molecule has 0 amide bonds. The first-order valence-electron chi connectivity index (χ1n) is 22.9. The molecule has 0 bridgehead atoms. The van der Waals surface area contributed by atoms with Crippen molar-refractivity contribution in [2.45, 2.75) is 0 Å². The standard InChI is InChI=1S/C60H34B2N2O2/c1-8-22-47-36(15-1)40-18-5-12-26-52(40)64-54-33-44(60-59(43-21-7-14-28-56(43)66-60)58(54)42-20-3-10-24-49(42)61(47)64)35-29-30-38-45-32-46-41-19-6-13-27-55(41)65-57(46)34-53(45)63-51-25-11-4-17-39(51)37-16-2-9-23-48(37)62(63)50(38)31-35/h1-34H. The molecule has 0 radical (unpaired) electrons. The number of nitrogens with zero attached hydrogens (tertiary/aromatic N) is 2. The lowest BCUT2D eigenvalue weighted by Crippen LogP contribution is -2.59. The van der Waals surface area contributed by atoms with Crippen molar-refractivity contribution < 1.29 is 8.83 Å². The molecular formula is C60H34B2N2O2. The summed E-state index contributed by atoms with van der Waals surface area (Å²) in [6.45, 7) is -0.0996. The summed E-state index contributed by atoms with van der Waals surface area (Å²) in [4.78, 5) is 5.18. The van der Waals surface area contributed by atoms with E-state index >= 15 is 0 Å². The minimum absolute atomic E-state index is 0.00787. The van der Waals surface area contributed by atoms with E-state index in [-0.39, 0.29) is 13.7 Å². The van der Waals surface area contributed by atoms with Gasteiger partial charge in [0.1, 0.15) is 22.3 Å². The van der Waals surface area contributed by atoms with E-state index in [0.717, 1.165) is 60.7 Å².